The van der Waals surface area contributed by atoms with Crippen LogP contribution in [0.3, 0.4) is 0 Å². The summed E-state index contributed by atoms with van der Waals surface area (Å²) in [4.78, 5) is 4.34. The van der Waals surface area contributed by atoms with Crippen LogP contribution in [-0.4, -0.2) is 21.4 Å². The monoisotopic (exact) mass is 236 g/mol. The van der Waals surface area contributed by atoms with E-state index in [1.807, 2.05) is 19.9 Å². The lowest BCUT2D eigenvalue weighted by Gasteiger charge is -2.16. The SMILES string of the molecule is Cc1cc(C)c(C#N)c(SCC(C)(C)O)n1. The minimum Gasteiger partial charge on any atom is -0.390 e. The van der Waals surface area contributed by atoms with E-state index in [4.69, 9.17) is 5.26 Å². The summed E-state index contributed by atoms with van der Waals surface area (Å²) in [5.41, 5.74) is 1.69. The molecule has 0 aliphatic heterocycles. The fourth-order valence-electron chi connectivity index (χ4n) is 1.29. The highest BCUT2D eigenvalue weighted by molar-refractivity contribution is 7.99. The van der Waals surface area contributed by atoms with Crippen molar-refractivity contribution in [1.29, 1.82) is 5.26 Å². The smallest absolute Gasteiger partial charge is 0.114 e. The molecule has 1 heterocycles. The Morgan fingerprint density at radius 3 is 2.62 bits per heavy atom. The molecule has 0 aliphatic carbocycles. The van der Waals surface area contributed by atoms with Crippen LogP contribution < -0.4 is 0 Å². The van der Waals surface area contributed by atoms with E-state index in [2.05, 4.69) is 11.1 Å². The van der Waals surface area contributed by atoms with Crippen molar-refractivity contribution in [2.75, 3.05) is 5.75 Å². The van der Waals surface area contributed by atoms with E-state index < -0.39 is 5.60 Å². The lowest BCUT2D eigenvalue weighted by molar-refractivity contribution is 0.107. The second-order valence-corrected chi connectivity index (χ2v) is 5.44. The van der Waals surface area contributed by atoms with Gasteiger partial charge in [0.15, 0.2) is 0 Å². The van der Waals surface area contributed by atoms with Crippen molar-refractivity contribution in [3.63, 3.8) is 0 Å². The van der Waals surface area contributed by atoms with Gasteiger partial charge >= 0.3 is 0 Å². The summed E-state index contributed by atoms with van der Waals surface area (Å²) in [6.07, 6.45) is 0. The summed E-state index contributed by atoms with van der Waals surface area (Å²) in [6, 6.07) is 4.06. The van der Waals surface area contributed by atoms with Crippen molar-refractivity contribution in [2.24, 2.45) is 0 Å². The van der Waals surface area contributed by atoms with Crippen molar-refractivity contribution in [3.8, 4) is 6.07 Å². The number of thioether (sulfide) groups is 1. The third kappa shape index (κ3) is 3.51. The second-order valence-electron chi connectivity index (χ2n) is 4.47. The topological polar surface area (TPSA) is 56.9 Å². The number of hydrogen-bond donors (Lipinski definition) is 1. The molecular formula is C12H16N2OS. The molecule has 16 heavy (non-hydrogen) atoms. The molecule has 1 rings (SSSR count). The molecular weight excluding hydrogens is 220 g/mol. The average Bonchev–Trinajstić information content (AvgIpc) is 2.12. The van der Waals surface area contributed by atoms with Gasteiger partial charge < -0.3 is 5.11 Å². The van der Waals surface area contributed by atoms with Crippen molar-refractivity contribution < 1.29 is 5.11 Å². The zero-order valence-electron chi connectivity index (χ0n) is 10.0. The van der Waals surface area contributed by atoms with Gasteiger partial charge in [-0.3, -0.25) is 0 Å². The number of aromatic nitrogens is 1. The largest absolute Gasteiger partial charge is 0.390 e. The van der Waals surface area contributed by atoms with Crippen LogP contribution in [0.1, 0.15) is 30.7 Å². The fourth-order valence-corrected chi connectivity index (χ4v) is 2.34. The maximum atomic E-state index is 9.65. The number of nitriles is 1. The third-order valence-corrected chi connectivity index (χ3v) is 3.41. The van der Waals surface area contributed by atoms with Gasteiger partial charge in [0, 0.05) is 11.4 Å². The van der Waals surface area contributed by atoms with Crippen LogP contribution in [0.2, 0.25) is 0 Å². The van der Waals surface area contributed by atoms with Gasteiger partial charge in [-0.25, -0.2) is 4.98 Å². The highest BCUT2D eigenvalue weighted by atomic mass is 32.2. The quantitative estimate of drug-likeness (QED) is 0.819. The molecule has 0 amide bonds. The van der Waals surface area contributed by atoms with Gasteiger partial charge in [0.1, 0.15) is 11.1 Å². The Morgan fingerprint density at radius 2 is 2.12 bits per heavy atom. The molecule has 0 unspecified atom stereocenters. The maximum absolute atomic E-state index is 9.65. The molecule has 1 aromatic heterocycles. The Bertz CT molecular complexity index is 430. The minimum absolute atomic E-state index is 0.525. The van der Waals surface area contributed by atoms with Crippen molar-refractivity contribution in [2.45, 2.75) is 38.3 Å². The van der Waals surface area contributed by atoms with Gasteiger partial charge in [-0.05, 0) is 39.3 Å². The Kier molecular flexibility index (Phi) is 3.95. The van der Waals surface area contributed by atoms with Crippen LogP contribution in [0.5, 0.6) is 0 Å². The summed E-state index contributed by atoms with van der Waals surface area (Å²) in [5.74, 6) is 0.525. The summed E-state index contributed by atoms with van der Waals surface area (Å²) >= 11 is 1.42. The van der Waals surface area contributed by atoms with Gasteiger partial charge in [0.25, 0.3) is 0 Å². The molecule has 4 heteroatoms. The molecule has 0 spiro atoms. The van der Waals surface area contributed by atoms with E-state index in [0.717, 1.165) is 11.3 Å². The molecule has 0 radical (unpaired) electrons. The Morgan fingerprint density at radius 1 is 1.50 bits per heavy atom. The van der Waals surface area contributed by atoms with Crippen LogP contribution in [0, 0.1) is 25.2 Å². The molecule has 3 nitrogen and oxygen atoms in total. The summed E-state index contributed by atoms with van der Waals surface area (Å²) in [5, 5.41) is 19.4. The van der Waals surface area contributed by atoms with E-state index in [9.17, 15) is 5.11 Å². The first-order valence-corrected chi connectivity index (χ1v) is 6.05. The normalized spacial score (nSPS) is 11.2. The first-order chi connectivity index (χ1) is 7.33. The van der Waals surface area contributed by atoms with E-state index in [0.29, 0.717) is 16.3 Å². The van der Waals surface area contributed by atoms with Crippen molar-refractivity contribution in [3.05, 3.63) is 22.9 Å². The molecule has 1 aromatic rings. The molecule has 0 atom stereocenters. The van der Waals surface area contributed by atoms with Crippen LogP contribution in [0.4, 0.5) is 0 Å². The highest BCUT2D eigenvalue weighted by Gasteiger charge is 2.16. The molecule has 0 fully saturated rings. The minimum atomic E-state index is -0.753. The Labute approximate surface area is 101 Å². The molecule has 1 N–H and O–H groups in total. The van der Waals surface area contributed by atoms with E-state index in [-0.39, 0.29) is 0 Å². The number of hydrogen-bond acceptors (Lipinski definition) is 4. The fraction of sp³-hybridized carbons (Fsp3) is 0.500. The Balaban J connectivity index is 3.00. The molecule has 0 saturated carbocycles. The van der Waals surface area contributed by atoms with E-state index in [1.54, 1.807) is 13.8 Å². The zero-order valence-corrected chi connectivity index (χ0v) is 10.9. The average molecular weight is 236 g/mol. The molecule has 0 aromatic carbocycles. The molecule has 0 bridgehead atoms. The van der Waals surface area contributed by atoms with Crippen molar-refractivity contribution in [1.82, 2.24) is 4.98 Å². The van der Waals surface area contributed by atoms with E-state index in [1.165, 1.54) is 11.8 Å². The van der Waals surface area contributed by atoms with Gasteiger partial charge in [0.2, 0.25) is 0 Å². The van der Waals surface area contributed by atoms with E-state index >= 15 is 0 Å². The van der Waals surface area contributed by atoms with Crippen LogP contribution >= 0.6 is 11.8 Å². The summed E-state index contributed by atoms with van der Waals surface area (Å²) in [7, 11) is 0. The van der Waals surface area contributed by atoms with Crippen LogP contribution in [-0.2, 0) is 0 Å². The number of aryl methyl sites for hydroxylation is 2. The van der Waals surface area contributed by atoms with Gasteiger partial charge in [-0.2, -0.15) is 5.26 Å². The predicted octanol–water partition coefficient (Wildman–Crippen LogP) is 2.43. The Hall–Kier alpha value is -1.05. The lowest BCUT2D eigenvalue weighted by Crippen LogP contribution is -2.21. The number of pyridine rings is 1. The lowest BCUT2D eigenvalue weighted by atomic mass is 10.1. The predicted molar refractivity (Wildman–Crippen MR) is 65.4 cm³/mol. The first kappa shape index (κ1) is 13.0. The van der Waals surface area contributed by atoms with Crippen LogP contribution in [0.25, 0.3) is 0 Å². The number of aliphatic hydroxyl groups is 1. The zero-order chi connectivity index (χ0) is 12.3. The summed E-state index contributed by atoms with van der Waals surface area (Å²) in [6.45, 7) is 7.30. The third-order valence-electron chi connectivity index (χ3n) is 1.99. The number of rotatable bonds is 3. The van der Waals surface area contributed by atoms with Gasteiger partial charge in [-0.15, -0.1) is 11.8 Å². The first-order valence-electron chi connectivity index (χ1n) is 5.07. The van der Waals surface area contributed by atoms with Gasteiger partial charge in [0.05, 0.1) is 11.2 Å². The second kappa shape index (κ2) is 4.86. The molecule has 0 saturated heterocycles. The number of nitrogens with zero attached hydrogens (tertiary/aromatic N) is 2. The molecule has 86 valence electrons. The van der Waals surface area contributed by atoms with Crippen molar-refractivity contribution >= 4 is 11.8 Å². The molecule has 0 aliphatic rings. The standard InChI is InChI=1S/C12H16N2OS/c1-8-5-9(2)14-11(10(8)6-13)16-7-12(3,4)15/h5,15H,7H2,1-4H3. The van der Waals surface area contributed by atoms with Crippen LogP contribution in [0.15, 0.2) is 11.1 Å². The highest BCUT2D eigenvalue weighted by Crippen LogP contribution is 2.26. The summed E-state index contributed by atoms with van der Waals surface area (Å²) < 4.78 is 0. The maximum Gasteiger partial charge on any atom is 0.114 e. The van der Waals surface area contributed by atoms with Gasteiger partial charge in [-0.1, -0.05) is 0 Å².